The molecule has 6 nitrogen and oxygen atoms in total. The van der Waals surface area contributed by atoms with Crippen LogP contribution in [-0.4, -0.2) is 45.4 Å². The van der Waals surface area contributed by atoms with Gasteiger partial charge in [0.15, 0.2) is 5.82 Å². The predicted octanol–water partition coefficient (Wildman–Crippen LogP) is 2.67. The summed E-state index contributed by atoms with van der Waals surface area (Å²) < 4.78 is 44.2. The van der Waals surface area contributed by atoms with Gasteiger partial charge in [0, 0.05) is 19.5 Å². The lowest BCUT2D eigenvalue weighted by molar-refractivity contribution is -0.188. The molecule has 23 heavy (non-hydrogen) atoms. The molecule has 1 aliphatic rings. The van der Waals surface area contributed by atoms with Crippen molar-refractivity contribution in [2.45, 2.75) is 45.3 Å². The van der Waals surface area contributed by atoms with Crippen molar-refractivity contribution >= 4 is 5.97 Å². The standard InChI is InChI=1S/C14H20F3N3O3/c1-3-4-5-11-18-12(23-19-11)8(2)20-6-9(13(21)22)10(7-20)14(15,16)17/h8-10H,3-7H2,1-2H3,(H,21,22)/t8?,9-,10-/m1/s1. The van der Waals surface area contributed by atoms with Crippen LogP contribution in [0, 0.1) is 11.8 Å². The van der Waals surface area contributed by atoms with Gasteiger partial charge < -0.3 is 9.63 Å². The van der Waals surface area contributed by atoms with Gasteiger partial charge >= 0.3 is 12.1 Å². The normalized spacial score (nSPS) is 24.0. The first-order valence-corrected chi connectivity index (χ1v) is 7.60. The first kappa shape index (κ1) is 17.7. The van der Waals surface area contributed by atoms with Gasteiger partial charge in [0.2, 0.25) is 5.89 Å². The van der Waals surface area contributed by atoms with Gasteiger partial charge in [-0.05, 0) is 13.3 Å². The highest BCUT2D eigenvalue weighted by Crippen LogP contribution is 2.40. The average Bonchev–Trinajstić information content (AvgIpc) is 3.10. The Bertz CT molecular complexity index is 547. The van der Waals surface area contributed by atoms with Crippen LogP contribution in [0.5, 0.6) is 0 Å². The van der Waals surface area contributed by atoms with E-state index >= 15 is 0 Å². The van der Waals surface area contributed by atoms with Gasteiger partial charge in [-0.25, -0.2) is 0 Å². The molecule has 2 rings (SSSR count). The molecule has 0 aliphatic carbocycles. The van der Waals surface area contributed by atoms with Gasteiger partial charge in [0.25, 0.3) is 0 Å². The van der Waals surface area contributed by atoms with E-state index in [-0.39, 0.29) is 19.0 Å². The highest BCUT2D eigenvalue weighted by molar-refractivity contribution is 5.71. The molecule has 2 heterocycles. The van der Waals surface area contributed by atoms with Crippen LogP contribution in [0.1, 0.15) is 44.4 Å². The zero-order valence-corrected chi connectivity index (χ0v) is 13.0. The van der Waals surface area contributed by atoms with Crippen LogP contribution in [0.3, 0.4) is 0 Å². The molecule has 0 aromatic carbocycles. The number of halogens is 3. The maximum atomic E-state index is 13.0. The molecule has 0 radical (unpaired) electrons. The van der Waals surface area contributed by atoms with Crippen molar-refractivity contribution in [3.8, 4) is 0 Å². The molecule has 1 aromatic heterocycles. The van der Waals surface area contributed by atoms with Crippen LogP contribution in [-0.2, 0) is 11.2 Å². The minimum atomic E-state index is -4.54. The summed E-state index contributed by atoms with van der Waals surface area (Å²) in [4.78, 5) is 16.7. The fourth-order valence-electron chi connectivity index (χ4n) is 2.76. The lowest BCUT2D eigenvalue weighted by Crippen LogP contribution is -2.33. The summed E-state index contributed by atoms with van der Waals surface area (Å²) in [6, 6.07) is -0.549. The number of carboxylic acid groups (broad SMARTS) is 1. The summed E-state index contributed by atoms with van der Waals surface area (Å²) in [5.41, 5.74) is 0. The number of alkyl halides is 3. The lowest BCUT2D eigenvalue weighted by Gasteiger charge is -2.21. The molecule has 0 bridgehead atoms. The van der Waals surface area contributed by atoms with E-state index < -0.39 is 30.0 Å². The van der Waals surface area contributed by atoms with Gasteiger partial charge in [0.05, 0.1) is 17.9 Å². The van der Waals surface area contributed by atoms with E-state index in [0.29, 0.717) is 12.2 Å². The van der Waals surface area contributed by atoms with E-state index in [4.69, 9.17) is 9.63 Å². The van der Waals surface area contributed by atoms with Crippen molar-refractivity contribution in [1.29, 1.82) is 0 Å². The van der Waals surface area contributed by atoms with Gasteiger partial charge in [-0.3, -0.25) is 9.69 Å². The Balaban J connectivity index is 2.09. The Labute approximate surface area is 131 Å². The van der Waals surface area contributed by atoms with Crippen molar-refractivity contribution in [2.75, 3.05) is 13.1 Å². The minimum absolute atomic E-state index is 0.187. The second-order valence-electron chi connectivity index (χ2n) is 5.88. The zero-order valence-electron chi connectivity index (χ0n) is 13.0. The summed E-state index contributed by atoms with van der Waals surface area (Å²) in [6.45, 7) is 3.10. The molecule has 9 heteroatoms. The Kier molecular flexibility index (Phi) is 5.28. The Hall–Kier alpha value is -1.64. The van der Waals surface area contributed by atoms with Crippen LogP contribution in [0.4, 0.5) is 13.2 Å². The Morgan fingerprint density at radius 2 is 2.17 bits per heavy atom. The molecule has 3 atom stereocenters. The number of aryl methyl sites for hydroxylation is 1. The quantitative estimate of drug-likeness (QED) is 0.861. The Morgan fingerprint density at radius 1 is 1.48 bits per heavy atom. The highest BCUT2D eigenvalue weighted by atomic mass is 19.4. The molecule has 1 fully saturated rings. The third-order valence-corrected chi connectivity index (χ3v) is 4.23. The largest absolute Gasteiger partial charge is 0.481 e. The molecular weight excluding hydrogens is 315 g/mol. The number of hydrogen-bond donors (Lipinski definition) is 1. The minimum Gasteiger partial charge on any atom is -0.481 e. The molecule has 1 N–H and O–H groups in total. The van der Waals surface area contributed by atoms with Gasteiger partial charge in [0.1, 0.15) is 0 Å². The van der Waals surface area contributed by atoms with E-state index in [1.807, 2.05) is 6.92 Å². The molecule has 1 aliphatic heterocycles. The predicted molar refractivity (Wildman–Crippen MR) is 73.6 cm³/mol. The SMILES string of the molecule is CCCCc1noc(C(C)N2C[C@@H](C(F)(F)F)[C@H](C(=O)O)C2)n1. The summed E-state index contributed by atoms with van der Waals surface area (Å²) in [6.07, 6.45) is -2.03. The van der Waals surface area contributed by atoms with Crippen LogP contribution in [0.15, 0.2) is 4.52 Å². The second kappa shape index (κ2) is 6.86. The fourth-order valence-corrected chi connectivity index (χ4v) is 2.76. The molecule has 1 saturated heterocycles. The molecule has 0 spiro atoms. The van der Waals surface area contributed by atoms with Gasteiger partial charge in [-0.1, -0.05) is 18.5 Å². The number of carboxylic acids is 1. The number of carbonyl (C=O) groups is 1. The third-order valence-electron chi connectivity index (χ3n) is 4.23. The van der Waals surface area contributed by atoms with Crippen molar-refractivity contribution in [1.82, 2.24) is 15.0 Å². The van der Waals surface area contributed by atoms with Crippen molar-refractivity contribution in [3.63, 3.8) is 0 Å². The smallest absolute Gasteiger partial charge is 0.393 e. The lowest BCUT2D eigenvalue weighted by atomic mass is 9.96. The zero-order chi connectivity index (χ0) is 17.2. The highest BCUT2D eigenvalue weighted by Gasteiger charge is 2.53. The molecule has 130 valence electrons. The number of hydrogen-bond acceptors (Lipinski definition) is 5. The first-order chi connectivity index (χ1) is 10.7. The van der Waals surface area contributed by atoms with Crippen molar-refractivity contribution in [3.05, 3.63) is 11.7 Å². The average molecular weight is 335 g/mol. The second-order valence-corrected chi connectivity index (χ2v) is 5.88. The van der Waals surface area contributed by atoms with Gasteiger partial charge in [-0.2, -0.15) is 18.2 Å². The summed E-state index contributed by atoms with van der Waals surface area (Å²) >= 11 is 0. The topological polar surface area (TPSA) is 79.5 Å². The van der Waals surface area contributed by atoms with E-state index in [9.17, 15) is 18.0 Å². The molecule has 1 aromatic rings. The third kappa shape index (κ3) is 4.01. The monoisotopic (exact) mass is 335 g/mol. The number of nitrogens with zero attached hydrogens (tertiary/aromatic N) is 3. The van der Waals surface area contributed by atoms with Gasteiger partial charge in [-0.15, -0.1) is 0 Å². The number of unbranched alkanes of at least 4 members (excludes halogenated alkanes) is 1. The van der Waals surface area contributed by atoms with Crippen molar-refractivity contribution < 1.29 is 27.6 Å². The maximum Gasteiger partial charge on any atom is 0.393 e. The maximum absolute atomic E-state index is 13.0. The number of likely N-dealkylation sites (tertiary alicyclic amines) is 1. The van der Waals surface area contributed by atoms with Crippen LogP contribution >= 0.6 is 0 Å². The number of rotatable bonds is 6. The molecular formula is C14H20F3N3O3. The van der Waals surface area contributed by atoms with E-state index in [2.05, 4.69) is 10.1 Å². The molecule has 0 saturated carbocycles. The summed E-state index contributed by atoms with van der Waals surface area (Å²) in [5, 5.41) is 12.9. The number of aliphatic carboxylic acids is 1. The van der Waals surface area contributed by atoms with E-state index in [0.717, 1.165) is 12.8 Å². The van der Waals surface area contributed by atoms with Crippen LogP contribution < -0.4 is 0 Å². The van der Waals surface area contributed by atoms with Crippen LogP contribution in [0.2, 0.25) is 0 Å². The Morgan fingerprint density at radius 3 is 2.70 bits per heavy atom. The fraction of sp³-hybridized carbons (Fsp3) is 0.786. The molecule has 1 unspecified atom stereocenters. The number of aromatic nitrogens is 2. The van der Waals surface area contributed by atoms with E-state index in [1.165, 1.54) is 4.90 Å². The van der Waals surface area contributed by atoms with Crippen molar-refractivity contribution in [2.24, 2.45) is 11.8 Å². The van der Waals surface area contributed by atoms with Crippen LogP contribution in [0.25, 0.3) is 0 Å². The molecule has 0 amide bonds. The van der Waals surface area contributed by atoms with E-state index in [1.54, 1.807) is 6.92 Å². The summed E-state index contributed by atoms with van der Waals surface area (Å²) in [5.74, 6) is -4.04. The summed E-state index contributed by atoms with van der Waals surface area (Å²) in [7, 11) is 0. The first-order valence-electron chi connectivity index (χ1n) is 7.60.